The van der Waals surface area contributed by atoms with E-state index >= 15 is 0 Å². The second-order valence-electron chi connectivity index (χ2n) is 5.39. The Bertz CT molecular complexity index is 818. The number of carbonyl (C=O) groups excluding carboxylic acids is 3. The number of nitrogens with one attached hydrogen (secondary N) is 1. The summed E-state index contributed by atoms with van der Waals surface area (Å²) < 4.78 is 4.84. The van der Waals surface area contributed by atoms with Crippen molar-refractivity contribution >= 4 is 34.0 Å². The molecule has 136 valence electrons. The van der Waals surface area contributed by atoms with Gasteiger partial charge in [0.25, 0.3) is 5.91 Å². The number of rotatable bonds is 8. The molecule has 1 N–H and O–H groups in total. The van der Waals surface area contributed by atoms with Crippen LogP contribution in [-0.4, -0.2) is 35.2 Å². The van der Waals surface area contributed by atoms with Gasteiger partial charge in [-0.1, -0.05) is 41.7 Å². The number of ketones is 1. The first-order chi connectivity index (χ1) is 12.4. The van der Waals surface area contributed by atoms with Crippen molar-refractivity contribution in [1.82, 2.24) is 5.32 Å². The van der Waals surface area contributed by atoms with Crippen LogP contribution in [0.25, 0.3) is 0 Å². The predicted octanol–water partition coefficient (Wildman–Crippen LogP) is 2.13. The van der Waals surface area contributed by atoms with E-state index in [1.54, 1.807) is 0 Å². The van der Waals surface area contributed by atoms with E-state index in [4.69, 9.17) is 4.74 Å². The highest BCUT2D eigenvalue weighted by Crippen LogP contribution is 2.24. The predicted molar refractivity (Wildman–Crippen MR) is 94.0 cm³/mol. The molecule has 8 nitrogen and oxygen atoms in total. The largest absolute Gasteiger partial charge is 0.451 e. The third-order valence-electron chi connectivity index (χ3n) is 3.42. The second-order valence-corrected chi connectivity index (χ2v) is 6.45. The Kier molecular flexibility index (Phi) is 6.56. The standard InChI is InChI=1S/C17H16N2O6S/c1-11(20)13(9-12-5-3-2-4-6-12)18-15(21)10-25-17(22)14-7-8-16(26-14)19(23)24/h2-8,13H,9-10H2,1H3,(H,18,21)/t13-/m1/s1. The summed E-state index contributed by atoms with van der Waals surface area (Å²) in [6.07, 6.45) is 0.326. The summed E-state index contributed by atoms with van der Waals surface area (Å²) in [5.41, 5.74) is 0.885. The van der Waals surface area contributed by atoms with Gasteiger partial charge in [-0.2, -0.15) is 0 Å². The van der Waals surface area contributed by atoms with Crippen molar-refractivity contribution in [3.8, 4) is 0 Å². The van der Waals surface area contributed by atoms with E-state index in [1.165, 1.54) is 19.1 Å². The van der Waals surface area contributed by atoms with E-state index < -0.39 is 29.4 Å². The van der Waals surface area contributed by atoms with Crippen LogP contribution in [0.2, 0.25) is 0 Å². The molecule has 0 aliphatic carbocycles. The van der Waals surface area contributed by atoms with Crippen molar-refractivity contribution in [1.29, 1.82) is 0 Å². The van der Waals surface area contributed by atoms with Crippen LogP contribution in [0.15, 0.2) is 42.5 Å². The highest BCUT2D eigenvalue weighted by Gasteiger charge is 2.20. The van der Waals surface area contributed by atoms with Crippen LogP contribution in [0, 0.1) is 10.1 Å². The number of amides is 1. The van der Waals surface area contributed by atoms with Gasteiger partial charge in [-0.25, -0.2) is 4.79 Å². The molecule has 9 heteroatoms. The Morgan fingerprint density at radius 3 is 2.46 bits per heavy atom. The van der Waals surface area contributed by atoms with Gasteiger partial charge in [0.05, 0.1) is 11.0 Å². The number of carbonyl (C=O) groups is 3. The normalized spacial score (nSPS) is 11.4. The maximum atomic E-state index is 12.0. The van der Waals surface area contributed by atoms with Gasteiger partial charge in [0.1, 0.15) is 4.88 Å². The highest BCUT2D eigenvalue weighted by atomic mass is 32.1. The van der Waals surface area contributed by atoms with E-state index in [-0.39, 0.29) is 15.7 Å². The van der Waals surface area contributed by atoms with Crippen molar-refractivity contribution in [2.24, 2.45) is 0 Å². The average Bonchev–Trinajstić information content (AvgIpc) is 3.10. The van der Waals surface area contributed by atoms with Crippen molar-refractivity contribution < 1.29 is 24.0 Å². The minimum absolute atomic E-state index is 0.0249. The summed E-state index contributed by atoms with van der Waals surface area (Å²) in [7, 11) is 0. The smallest absolute Gasteiger partial charge is 0.349 e. The molecule has 1 atom stereocenters. The molecule has 1 amide bonds. The maximum Gasteiger partial charge on any atom is 0.349 e. The molecule has 0 aliphatic heterocycles. The van der Waals surface area contributed by atoms with E-state index in [9.17, 15) is 24.5 Å². The summed E-state index contributed by atoms with van der Waals surface area (Å²) in [5.74, 6) is -1.68. The molecule has 1 heterocycles. The fourth-order valence-corrected chi connectivity index (χ4v) is 2.83. The molecule has 0 spiro atoms. The Hall–Kier alpha value is -3.07. The average molecular weight is 376 g/mol. The molecule has 0 radical (unpaired) electrons. The number of ether oxygens (including phenoxy) is 1. The summed E-state index contributed by atoms with van der Waals surface area (Å²) >= 11 is 0.662. The molecule has 0 saturated heterocycles. The summed E-state index contributed by atoms with van der Waals surface area (Å²) in [6, 6.07) is 10.9. The SMILES string of the molecule is CC(=O)[C@@H](Cc1ccccc1)NC(=O)COC(=O)c1ccc([N+](=O)[O-])s1. The number of hydrogen-bond acceptors (Lipinski definition) is 7. The highest BCUT2D eigenvalue weighted by molar-refractivity contribution is 7.17. The molecule has 26 heavy (non-hydrogen) atoms. The zero-order valence-corrected chi connectivity index (χ0v) is 14.7. The molecule has 1 aromatic heterocycles. The van der Waals surface area contributed by atoms with Crippen LogP contribution in [-0.2, 0) is 20.7 Å². The van der Waals surface area contributed by atoms with Gasteiger partial charge in [-0.05, 0) is 25.0 Å². The topological polar surface area (TPSA) is 116 Å². The fraction of sp³-hybridized carbons (Fsp3) is 0.235. The molecule has 0 unspecified atom stereocenters. The van der Waals surface area contributed by atoms with E-state index in [0.29, 0.717) is 17.8 Å². The lowest BCUT2D eigenvalue weighted by atomic mass is 10.0. The van der Waals surface area contributed by atoms with E-state index in [2.05, 4.69) is 5.32 Å². The number of Topliss-reactive ketones (excluding diaryl/α,β-unsaturated/α-hetero) is 1. The maximum absolute atomic E-state index is 12.0. The van der Waals surface area contributed by atoms with Crippen molar-refractivity contribution in [3.05, 3.63) is 63.0 Å². The van der Waals surface area contributed by atoms with Gasteiger partial charge >= 0.3 is 11.0 Å². The lowest BCUT2D eigenvalue weighted by Crippen LogP contribution is -2.43. The molecular weight excluding hydrogens is 360 g/mol. The summed E-state index contributed by atoms with van der Waals surface area (Å²) in [6.45, 7) is 0.785. The molecule has 0 saturated carbocycles. The minimum Gasteiger partial charge on any atom is -0.451 e. The van der Waals surface area contributed by atoms with Crippen molar-refractivity contribution in [2.75, 3.05) is 6.61 Å². The first kappa shape index (κ1) is 19.3. The number of nitrogens with zero attached hydrogens (tertiary/aromatic N) is 1. The quantitative estimate of drug-likeness (QED) is 0.429. The number of hydrogen-bond donors (Lipinski definition) is 1. The number of nitro groups is 1. The number of benzene rings is 1. The Morgan fingerprint density at radius 1 is 1.19 bits per heavy atom. The first-order valence-corrected chi connectivity index (χ1v) is 8.43. The van der Waals surface area contributed by atoms with Gasteiger partial charge in [-0.3, -0.25) is 19.7 Å². The molecule has 0 fully saturated rings. The lowest BCUT2D eigenvalue weighted by molar-refractivity contribution is -0.380. The zero-order chi connectivity index (χ0) is 19.1. The van der Waals surface area contributed by atoms with Gasteiger partial charge in [0, 0.05) is 6.07 Å². The van der Waals surface area contributed by atoms with Crippen molar-refractivity contribution in [3.63, 3.8) is 0 Å². The number of thiophene rings is 1. The van der Waals surface area contributed by atoms with Crippen LogP contribution in [0.4, 0.5) is 5.00 Å². The van der Waals surface area contributed by atoms with Crippen LogP contribution in [0.3, 0.4) is 0 Å². The molecule has 0 aliphatic rings. The molecular formula is C17H16N2O6S. The third kappa shape index (κ3) is 5.49. The summed E-state index contributed by atoms with van der Waals surface area (Å²) in [5, 5.41) is 12.9. The first-order valence-electron chi connectivity index (χ1n) is 7.62. The van der Waals surface area contributed by atoms with Crippen LogP contribution >= 0.6 is 11.3 Å². The lowest BCUT2D eigenvalue weighted by Gasteiger charge is -2.16. The van der Waals surface area contributed by atoms with Crippen molar-refractivity contribution in [2.45, 2.75) is 19.4 Å². The minimum atomic E-state index is -0.833. The fourth-order valence-electron chi connectivity index (χ4n) is 2.12. The monoisotopic (exact) mass is 376 g/mol. The second kappa shape index (κ2) is 8.86. The van der Waals surface area contributed by atoms with Gasteiger partial charge in [0.2, 0.25) is 0 Å². The molecule has 2 rings (SSSR count). The molecule has 1 aromatic carbocycles. The Labute approximate surface area is 152 Å². The van der Waals surface area contributed by atoms with Crippen LogP contribution < -0.4 is 5.32 Å². The van der Waals surface area contributed by atoms with E-state index in [1.807, 2.05) is 30.3 Å². The number of esters is 1. The Morgan fingerprint density at radius 2 is 1.88 bits per heavy atom. The molecule has 0 bridgehead atoms. The van der Waals surface area contributed by atoms with Gasteiger partial charge in [-0.15, -0.1) is 0 Å². The zero-order valence-electron chi connectivity index (χ0n) is 13.8. The Balaban J connectivity index is 1.88. The van der Waals surface area contributed by atoms with E-state index in [0.717, 1.165) is 5.56 Å². The third-order valence-corrected chi connectivity index (χ3v) is 4.43. The summed E-state index contributed by atoms with van der Waals surface area (Å²) in [4.78, 5) is 45.5. The van der Waals surface area contributed by atoms with Gasteiger partial charge in [0.15, 0.2) is 12.4 Å². The molecule has 2 aromatic rings. The van der Waals surface area contributed by atoms with Gasteiger partial charge < -0.3 is 10.1 Å². The van der Waals surface area contributed by atoms with Crippen LogP contribution in [0.5, 0.6) is 0 Å². The van der Waals surface area contributed by atoms with Crippen LogP contribution in [0.1, 0.15) is 22.2 Å².